The average molecular weight is 467 g/mol. The normalized spacial score (nSPS) is 14.8. The van der Waals surface area contributed by atoms with E-state index in [-0.39, 0.29) is 17.2 Å². The molecule has 0 unspecified atom stereocenters. The molecule has 0 bridgehead atoms. The van der Waals surface area contributed by atoms with Crippen LogP contribution in [-0.2, 0) is 11.4 Å². The number of anilines is 1. The molecule has 3 aromatic rings. The van der Waals surface area contributed by atoms with E-state index in [1.807, 2.05) is 0 Å². The Hall–Kier alpha value is -3.62. The second kappa shape index (κ2) is 9.25. The standard InChI is InChI=1S/C23H15ClN2O5S/c24-17-8-10-18(11-9-17)25-22(27)21(32-23(25)28)13-16-5-1-2-7-20(16)31-14-15-4-3-6-19(12-15)26(29)30/h1-13H,14H2/b21-13+. The van der Waals surface area contributed by atoms with Crippen LogP contribution in [0.25, 0.3) is 6.08 Å². The van der Waals surface area contributed by atoms with E-state index in [4.69, 9.17) is 16.3 Å². The van der Waals surface area contributed by atoms with Crippen molar-refractivity contribution < 1.29 is 19.2 Å². The van der Waals surface area contributed by atoms with E-state index in [2.05, 4.69) is 0 Å². The first-order valence-corrected chi connectivity index (χ1v) is 10.6. The van der Waals surface area contributed by atoms with Crippen LogP contribution in [-0.4, -0.2) is 16.1 Å². The van der Waals surface area contributed by atoms with Crippen molar-refractivity contribution in [2.75, 3.05) is 4.90 Å². The number of benzene rings is 3. The molecular weight excluding hydrogens is 452 g/mol. The van der Waals surface area contributed by atoms with Gasteiger partial charge in [-0.3, -0.25) is 19.7 Å². The molecule has 1 aliphatic rings. The lowest BCUT2D eigenvalue weighted by molar-refractivity contribution is -0.384. The molecule has 1 saturated heterocycles. The second-order valence-corrected chi connectivity index (χ2v) is 8.18. The van der Waals surface area contributed by atoms with Gasteiger partial charge in [0.15, 0.2) is 0 Å². The minimum absolute atomic E-state index is 0.0183. The van der Waals surface area contributed by atoms with E-state index >= 15 is 0 Å². The summed E-state index contributed by atoms with van der Waals surface area (Å²) >= 11 is 6.73. The molecule has 0 N–H and O–H groups in total. The number of halogens is 1. The summed E-state index contributed by atoms with van der Waals surface area (Å²) < 4.78 is 5.85. The van der Waals surface area contributed by atoms with E-state index in [1.165, 1.54) is 12.1 Å². The van der Waals surface area contributed by atoms with Gasteiger partial charge in [-0.1, -0.05) is 41.9 Å². The molecule has 32 heavy (non-hydrogen) atoms. The van der Waals surface area contributed by atoms with Gasteiger partial charge in [0.05, 0.1) is 15.5 Å². The number of thioether (sulfide) groups is 1. The van der Waals surface area contributed by atoms with Gasteiger partial charge in [0, 0.05) is 22.7 Å². The predicted octanol–water partition coefficient (Wildman–Crippen LogP) is 6.07. The van der Waals surface area contributed by atoms with Crippen molar-refractivity contribution in [1.82, 2.24) is 0 Å². The summed E-state index contributed by atoms with van der Waals surface area (Å²) in [5.74, 6) is 0.0492. The molecule has 7 nitrogen and oxygen atoms in total. The summed E-state index contributed by atoms with van der Waals surface area (Å²) in [5.41, 5.74) is 1.67. The van der Waals surface area contributed by atoms with Crippen molar-refractivity contribution in [3.8, 4) is 5.75 Å². The van der Waals surface area contributed by atoms with E-state index < -0.39 is 16.1 Å². The van der Waals surface area contributed by atoms with Gasteiger partial charge in [-0.25, -0.2) is 4.90 Å². The summed E-state index contributed by atoms with van der Waals surface area (Å²) in [6.45, 7) is 0.110. The number of imide groups is 1. The van der Waals surface area contributed by atoms with Crippen molar-refractivity contribution in [2.45, 2.75) is 6.61 Å². The van der Waals surface area contributed by atoms with Crippen molar-refractivity contribution >= 4 is 52.0 Å². The number of non-ortho nitro benzene ring substituents is 1. The predicted molar refractivity (Wildman–Crippen MR) is 124 cm³/mol. The molecular formula is C23H15ClN2O5S. The first-order valence-electron chi connectivity index (χ1n) is 9.41. The molecule has 4 rings (SSSR count). The van der Waals surface area contributed by atoms with Crippen LogP contribution >= 0.6 is 23.4 Å². The number of nitrogens with zero attached hydrogens (tertiary/aromatic N) is 2. The molecule has 160 valence electrons. The number of nitro benzene ring substituents is 1. The van der Waals surface area contributed by atoms with Crippen molar-refractivity contribution in [3.63, 3.8) is 0 Å². The number of ether oxygens (including phenoxy) is 1. The van der Waals surface area contributed by atoms with Crippen molar-refractivity contribution in [3.05, 3.63) is 104 Å². The molecule has 0 aromatic heterocycles. The fourth-order valence-electron chi connectivity index (χ4n) is 3.07. The Morgan fingerprint density at radius 3 is 2.53 bits per heavy atom. The van der Waals surface area contributed by atoms with Crippen LogP contribution in [0.3, 0.4) is 0 Å². The summed E-state index contributed by atoms with van der Waals surface area (Å²) in [6, 6.07) is 19.7. The lowest BCUT2D eigenvalue weighted by atomic mass is 10.1. The van der Waals surface area contributed by atoms with Crippen LogP contribution in [0.15, 0.2) is 77.7 Å². The number of nitro groups is 1. The molecule has 0 saturated carbocycles. The van der Waals surface area contributed by atoms with Crippen LogP contribution in [0.2, 0.25) is 5.02 Å². The Morgan fingerprint density at radius 1 is 1.03 bits per heavy atom. The number of amides is 2. The maximum Gasteiger partial charge on any atom is 0.298 e. The smallest absolute Gasteiger partial charge is 0.298 e. The van der Waals surface area contributed by atoms with Gasteiger partial charge in [0.2, 0.25) is 0 Å². The van der Waals surface area contributed by atoms with Crippen LogP contribution in [0, 0.1) is 10.1 Å². The zero-order chi connectivity index (χ0) is 22.7. The summed E-state index contributed by atoms with van der Waals surface area (Å²) in [4.78, 5) is 37.2. The zero-order valence-electron chi connectivity index (χ0n) is 16.4. The maximum atomic E-state index is 12.9. The third-order valence-corrected chi connectivity index (χ3v) is 5.72. The van der Waals surface area contributed by atoms with Gasteiger partial charge in [0.1, 0.15) is 12.4 Å². The topological polar surface area (TPSA) is 89.7 Å². The van der Waals surface area contributed by atoms with E-state index in [0.29, 0.717) is 27.6 Å². The number of carbonyl (C=O) groups is 2. The third-order valence-electron chi connectivity index (χ3n) is 4.60. The van der Waals surface area contributed by atoms with Crippen molar-refractivity contribution in [1.29, 1.82) is 0 Å². The highest BCUT2D eigenvalue weighted by atomic mass is 35.5. The Balaban J connectivity index is 1.55. The van der Waals surface area contributed by atoms with Gasteiger partial charge < -0.3 is 4.74 Å². The van der Waals surface area contributed by atoms with Gasteiger partial charge >= 0.3 is 0 Å². The highest BCUT2D eigenvalue weighted by molar-refractivity contribution is 8.19. The molecule has 2 amide bonds. The largest absolute Gasteiger partial charge is 0.488 e. The van der Waals surface area contributed by atoms with E-state index in [0.717, 1.165) is 16.7 Å². The Bertz CT molecular complexity index is 1240. The van der Waals surface area contributed by atoms with Gasteiger partial charge in [-0.05, 0) is 53.7 Å². The van der Waals surface area contributed by atoms with Crippen LogP contribution in [0.4, 0.5) is 16.2 Å². The minimum Gasteiger partial charge on any atom is -0.488 e. The average Bonchev–Trinajstić information content (AvgIpc) is 3.07. The fourth-order valence-corrected chi connectivity index (χ4v) is 4.03. The molecule has 0 spiro atoms. The number of para-hydroxylation sites is 1. The van der Waals surface area contributed by atoms with Gasteiger partial charge in [-0.15, -0.1) is 0 Å². The minimum atomic E-state index is -0.464. The first kappa shape index (κ1) is 21.6. The van der Waals surface area contributed by atoms with Crippen LogP contribution in [0.1, 0.15) is 11.1 Å². The highest BCUT2D eigenvalue weighted by Gasteiger charge is 2.36. The number of rotatable bonds is 6. The number of carbonyl (C=O) groups excluding carboxylic acids is 2. The lowest BCUT2D eigenvalue weighted by Crippen LogP contribution is -2.27. The molecule has 3 aromatic carbocycles. The molecule has 0 radical (unpaired) electrons. The molecule has 0 aliphatic carbocycles. The maximum absolute atomic E-state index is 12.9. The quantitative estimate of drug-likeness (QED) is 0.249. The highest BCUT2D eigenvalue weighted by Crippen LogP contribution is 2.37. The number of hydrogen-bond donors (Lipinski definition) is 0. The second-order valence-electron chi connectivity index (χ2n) is 6.75. The Morgan fingerprint density at radius 2 is 1.78 bits per heavy atom. The van der Waals surface area contributed by atoms with Gasteiger partial charge in [0.25, 0.3) is 16.8 Å². The first-order chi connectivity index (χ1) is 15.4. The Kier molecular flexibility index (Phi) is 6.25. The Labute approximate surface area is 192 Å². The molecule has 1 aliphatic heterocycles. The lowest BCUT2D eigenvalue weighted by Gasteiger charge is -2.12. The summed E-state index contributed by atoms with van der Waals surface area (Å²) in [6.07, 6.45) is 1.60. The fraction of sp³-hybridized carbons (Fsp3) is 0.0435. The van der Waals surface area contributed by atoms with Gasteiger partial charge in [-0.2, -0.15) is 0 Å². The summed E-state index contributed by atoms with van der Waals surface area (Å²) in [5, 5.41) is 11.1. The third kappa shape index (κ3) is 4.66. The zero-order valence-corrected chi connectivity index (χ0v) is 18.0. The van der Waals surface area contributed by atoms with Crippen LogP contribution in [0.5, 0.6) is 5.75 Å². The monoisotopic (exact) mass is 466 g/mol. The molecule has 9 heteroatoms. The van der Waals surface area contributed by atoms with Crippen LogP contribution < -0.4 is 9.64 Å². The molecule has 1 fully saturated rings. The SMILES string of the molecule is O=C1S/C(=C/c2ccccc2OCc2cccc([N+](=O)[O-])c2)C(=O)N1c1ccc(Cl)cc1. The molecule has 0 atom stereocenters. The summed E-state index contributed by atoms with van der Waals surface area (Å²) in [7, 11) is 0. The molecule has 1 heterocycles. The van der Waals surface area contributed by atoms with E-state index in [9.17, 15) is 19.7 Å². The van der Waals surface area contributed by atoms with Crippen molar-refractivity contribution in [2.24, 2.45) is 0 Å². The van der Waals surface area contributed by atoms with E-state index in [1.54, 1.807) is 66.7 Å². The number of hydrogen-bond acceptors (Lipinski definition) is 6.